The van der Waals surface area contributed by atoms with Crippen LogP contribution in [0, 0.1) is 5.82 Å². The highest BCUT2D eigenvalue weighted by molar-refractivity contribution is 9.10. The summed E-state index contributed by atoms with van der Waals surface area (Å²) >= 11 is 3.04. The maximum absolute atomic E-state index is 13.4. The highest BCUT2D eigenvalue weighted by Crippen LogP contribution is 2.33. The largest absolute Gasteiger partial charge is 0.455 e. The molecule has 2 aromatic rings. The number of aliphatic hydroxyl groups excluding tert-OH is 1. The molecule has 5 heteroatoms. The molecule has 0 fully saturated rings. The SMILES string of the molecule is Nc1cc(Br)c(F)cc1Oc1ccccc1CO. The number of aliphatic hydroxyl groups is 1. The van der Waals surface area contributed by atoms with Crippen LogP contribution in [-0.4, -0.2) is 5.11 Å². The number of nitrogens with two attached hydrogens (primary N) is 1. The average Bonchev–Trinajstić information content (AvgIpc) is 2.36. The molecule has 0 aliphatic rings. The van der Waals surface area contributed by atoms with Crippen molar-refractivity contribution in [2.75, 3.05) is 5.73 Å². The molecule has 2 aromatic carbocycles. The van der Waals surface area contributed by atoms with E-state index in [9.17, 15) is 9.50 Å². The summed E-state index contributed by atoms with van der Waals surface area (Å²) in [5, 5.41) is 9.17. The fraction of sp³-hybridized carbons (Fsp3) is 0.0769. The van der Waals surface area contributed by atoms with Gasteiger partial charge in [-0.3, -0.25) is 0 Å². The Hall–Kier alpha value is -1.59. The summed E-state index contributed by atoms with van der Waals surface area (Å²) in [7, 11) is 0. The molecule has 2 rings (SSSR count). The maximum Gasteiger partial charge on any atom is 0.153 e. The van der Waals surface area contributed by atoms with Gasteiger partial charge in [-0.1, -0.05) is 18.2 Å². The van der Waals surface area contributed by atoms with Crippen LogP contribution in [0.2, 0.25) is 0 Å². The fourth-order valence-electron chi connectivity index (χ4n) is 1.48. The van der Waals surface area contributed by atoms with E-state index in [1.807, 2.05) is 0 Å². The number of hydrogen-bond acceptors (Lipinski definition) is 3. The molecule has 0 saturated heterocycles. The Kier molecular flexibility index (Phi) is 3.84. The first-order chi connectivity index (χ1) is 8.61. The maximum atomic E-state index is 13.4. The van der Waals surface area contributed by atoms with Crippen molar-refractivity contribution in [3.05, 3.63) is 52.3 Å². The molecule has 0 aliphatic heterocycles. The van der Waals surface area contributed by atoms with Gasteiger partial charge < -0.3 is 15.6 Å². The van der Waals surface area contributed by atoms with Gasteiger partial charge in [-0.05, 0) is 28.1 Å². The fourth-order valence-corrected chi connectivity index (χ4v) is 1.85. The van der Waals surface area contributed by atoms with E-state index in [0.717, 1.165) is 0 Å². The van der Waals surface area contributed by atoms with Crippen LogP contribution in [0.5, 0.6) is 11.5 Å². The second-order valence-corrected chi connectivity index (χ2v) is 4.53. The number of rotatable bonds is 3. The van der Waals surface area contributed by atoms with Crippen molar-refractivity contribution in [3.8, 4) is 11.5 Å². The van der Waals surface area contributed by atoms with Crippen molar-refractivity contribution in [1.82, 2.24) is 0 Å². The van der Waals surface area contributed by atoms with Gasteiger partial charge in [-0.15, -0.1) is 0 Å². The van der Waals surface area contributed by atoms with Crippen LogP contribution in [0.3, 0.4) is 0 Å². The Morgan fingerprint density at radius 2 is 1.94 bits per heavy atom. The zero-order chi connectivity index (χ0) is 13.1. The monoisotopic (exact) mass is 311 g/mol. The Labute approximate surface area is 112 Å². The highest BCUT2D eigenvalue weighted by Gasteiger charge is 2.10. The van der Waals surface area contributed by atoms with Crippen LogP contribution >= 0.6 is 15.9 Å². The van der Waals surface area contributed by atoms with Crippen LogP contribution in [0.1, 0.15) is 5.56 Å². The minimum absolute atomic E-state index is 0.158. The summed E-state index contributed by atoms with van der Waals surface area (Å²) in [5.74, 6) is 0.214. The van der Waals surface area contributed by atoms with Gasteiger partial charge in [0.1, 0.15) is 11.6 Å². The highest BCUT2D eigenvalue weighted by atomic mass is 79.9. The van der Waals surface area contributed by atoms with E-state index in [0.29, 0.717) is 17.0 Å². The molecular weight excluding hydrogens is 301 g/mol. The first-order valence-electron chi connectivity index (χ1n) is 5.23. The molecule has 0 aromatic heterocycles. The first kappa shape index (κ1) is 12.9. The lowest BCUT2D eigenvalue weighted by atomic mass is 10.2. The number of para-hydroxylation sites is 1. The number of anilines is 1. The molecule has 0 radical (unpaired) electrons. The van der Waals surface area contributed by atoms with Gasteiger partial charge in [0.2, 0.25) is 0 Å². The Balaban J connectivity index is 2.37. The van der Waals surface area contributed by atoms with Gasteiger partial charge in [0, 0.05) is 11.6 Å². The molecule has 3 N–H and O–H groups in total. The molecule has 94 valence electrons. The predicted octanol–water partition coefficient (Wildman–Crippen LogP) is 3.46. The molecule has 0 aliphatic carbocycles. The van der Waals surface area contributed by atoms with Crippen LogP contribution in [0.15, 0.2) is 40.9 Å². The lowest BCUT2D eigenvalue weighted by Crippen LogP contribution is -1.96. The van der Waals surface area contributed by atoms with Crippen molar-refractivity contribution < 1.29 is 14.2 Å². The molecular formula is C13H11BrFNO2. The van der Waals surface area contributed by atoms with E-state index >= 15 is 0 Å². The molecule has 18 heavy (non-hydrogen) atoms. The summed E-state index contributed by atoms with van der Waals surface area (Å²) in [4.78, 5) is 0. The van der Waals surface area contributed by atoms with Gasteiger partial charge in [0.15, 0.2) is 5.75 Å². The van der Waals surface area contributed by atoms with Gasteiger partial charge >= 0.3 is 0 Å². The molecule has 0 atom stereocenters. The van der Waals surface area contributed by atoms with Gasteiger partial charge in [-0.2, -0.15) is 0 Å². The number of hydrogen-bond donors (Lipinski definition) is 2. The second kappa shape index (κ2) is 5.37. The summed E-state index contributed by atoms with van der Waals surface area (Å²) in [6.45, 7) is -0.158. The quantitative estimate of drug-likeness (QED) is 0.854. The smallest absolute Gasteiger partial charge is 0.153 e. The number of halogens is 2. The van der Waals surface area contributed by atoms with E-state index in [1.54, 1.807) is 24.3 Å². The lowest BCUT2D eigenvalue weighted by Gasteiger charge is -2.12. The third-order valence-corrected chi connectivity index (χ3v) is 3.02. The van der Waals surface area contributed by atoms with Crippen molar-refractivity contribution in [3.63, 3.8) is 0 Å². The van der Waals surface area contributed by atoms with Gasteiger partial charge in [-0.25, -0.2) is 4.39 Å². The topological polar surface area (TPSA) is 55.5 Å². The number of ether oxygens (including phenoxy) is 1. The van der Waals surface area contributed by atoms with Crippen LogP contribution in [0.25, 0.3) is 0 Å². The second-order valence-electron chi connectivity index (χ2n) is 3.67. The van der Waals surface area contributed by atoms with E-state index in [-0.39, 0.29) is 16.8 Å². The molecule has 0 saturated carbocycles. The molecule has 0 amide bonds. The Bertz CT molecular complexity index is 575. The van der Waals surface area contributed by atoms with Crippen molar-refractivity contribution in [2.24, 2.45) is 0 Å². The summed E-state index contributed by atoms with van der Waals surface area (Å²) in [5.41, 5.74) is 6.67. The van der Waals surface area contributed by atoms with Gasteiger partial charge in [0.25, 0.3) is 0 Å². The zero-order valence-corrected chi connectivity index (χ0v) is 10.9. The zero-order valence-electron chi connectivity index (χ0n) is 9.36. The molecule has 0 unspecified atom stereocenters. The lowest BCUT2D eigenvalue weighted by molar-refractivity contribution is 0.276. The molecule has 0 spiro atoms. The minimum atomic E-state index is -0.458. The van der Waals surface area contributed by atoms with E-state index in [2.05, 4.69) is 15.9 Å². The van der Waals surface area contributed by atoms with Crippen molar-refractivity contribution >= 4 is 21.6 Å². The van der Waals surface area contributed by atoms with Crippen molar-refractivity contribution in [2.45, 2.75) is 6.61 Å². The normalized spacial score (nSPS) is 10.4. The Morgan fingerprint density at radius 1 is 1.22 bits per heavy atom. The summed E-state index contributed by atoms with van der Waals surface area (Å²) in [6.07, 6.45) is 0. The van der Waals surface area contributed by atoms with E-state index in [4.69, 9.17) is 10.5 Å². The third kappa shape index (κ3) is 2.63. The van der Waals surface area contributed by atoms with E-state index in [1.165, 1.54) is 12.1 Å². The minimum Gasteiger partial charge on any atom is -0.455 e. The van der Waals surface area contributed by atoms with Gasteiger partial charge in [0.05, 0.1) is 16.8 Å². The van der Waals surface area contributed by atoms with Crippen LogP contribution < -0.4 is 10.5 Å². The average molecular weight is 312 g/mol. The summed E-state index contributed by atoms with van der Waals surface area (Å²) in [6, 6.07) is 9.59. The molecule has 3 nitrogen and oxygen atoms in total. The summed E-state index contributed by atoms with van der Waals surface area (Å²) < 4.78 is 19.2. The van der Waals surface area contributed by atoms with Crippen molar-refractivity contribution in [1.29, 1.82) is 0 Å². The Morgan fingerprint density at radius 3 is 2.67 bits per heavy atom. The number of benzene rings is 2. The number of nitrogen functional groups attached to an aromatic ring is 1. The predicted molar refractivity (Wildman–Crippen MR) is 71.0 cm³/mol. The standard InChI is InChI=1S/C13H11BrFNO2/c14-9-5-11(16)13(6-10(9)15)18-12-4-2-1-3-8(12)7-17/h1-6,17H,7,16H2. The first-order valence-corrected chi connectivity index (χ1v) is 6.02. The van der Waals surface area contributed by atoms with Crippen LogP contribution in [0.4, 0.5) is 10.1 Å². The molecule has 0 heterocycles. The third-order valence-electron chi connectivity index (χ3n) is 2.42. The molecule has 0 bridgehead atoms. The van der Waals surface area contributed by atoms with E-state index < -0.39 is 5.82 Å². The van der Waals surface area contributed by atoms with Crippen LogP contribution in [-0.2, 0) is 6.61 Å².